The molecule has 0 bridgehead atoms. The van der Waals surface area contributed by atoms with Gasteiger partial charge in [0.25, 0.3) is 0 Å². The van der Waals surface area contributed by atoms with Crippen LogP contribution in [0.25, 0.3) is 11.0 Å². The van der Waals surface area contributed by atoms with Crippen LogP contribution >= 0.6 is 11.3 Å². The van der Waals surface area contributed by atoms with Gasteiger partial charge in [-0.05, 0) is 41.3 Å². The maximum absolute atomic E-state index is 13.0. The number of esters is 1. The Labute approximate surface area is 197 Å². The predicted molar refractivity (Wildman–Crippen MR) is 124 cm³/mol. The van der Waals surface area contributed by atoms with Gasteiger partial charge in [-0.15, -0.1) is 11.3 Å². The fraction of sp³-hybridized carbons (Fsp3) is 0.0800. The molecule has 2 N–H and O–H groups in total. The molecule has 0 fully saturated rings. The number of benzene rings is 2. The number of hydrogen-bond acceptors (Lipinski definition) is 9. The van der Waals surface area contributed by atoms with Gasteiger partial charge in [0.1, 0.15) is 22.1 Å². The Balaban J connectivity index is 1.65. The number of nitrogens with zero attached hydrogens (tertiary/aromatic N) is 1. The summed E-state index contributed by atoms with van der Waals surface area (Å²) in [5, 5.41) is 12.2. The number of ether oxygens (including phenoxy) is 3. The molecule has 0 amide bonds. The molecule has 34 heavy (non-hydrogen) atoms. The summed E-state index contributed by atoms with van der Waals surface area (Å²) in [6, 6.07) is 17.1. The molecule has 3 heterocycles. The average Bonchev–Trinajstić information content (AvgIpc) is 3.39. The zero-order valence-corrected chi connectivity index (χ0v) is 18.5. The SMILES string of the molecule is COc1cc(C2C(C#N)=C(N)Oc3c2c(=O)oc2ccccc32)ccc1OC(=O)c1cccs1. The van der Waals surface area contributed by atoms with Crippen molar-refractivity contribution in [3.8, 4) is 23.3 Å². The Morgan fingerprint density at radius 2 is 1.97 bits per heavy atom. The van der Waals surface area contributed by atoms with E-state index in [-0.39, 0.29) is 34.3 Å². The summed E-state index contributed by atoms with van der Waals surface area (Å²) < 4.78 is 22.2. The number of carbonyl (C=O) groups is 1. The number of hydrogen-bond donors (Lipinski definition) is 1. The second kappa shape index (κ2) is 8.42. The topological polar surface area (TPSA) is 125 Å². The zero-order chi connectivity index (χ0) is 23.8. The lowest BCUT2D eigenvalue weighted by Crippen LogP contribution is -2.26. The van der Waals surface area contributed by atoms with Crippen molar-refractivity contribution in [3.05, 3.63) is 97.9 Å². The fourth-order valence-corrected chi connectivity index (χ4v) is 4.49. The highest BCUT2D eigenvalue weighted by Gasteiger charge is 2.36. The third-order valence-corrected chi connectivity index (χ3v) is 6.27. The van der Waals surface area contributed by atoms with Crippen LogP contribution in [-0.2, 0) is 0 Å². The highest BCUT2D eigenvalue weighted by Crippen LogP contribution is 2.45. The minimum Gasteiger partial charge on any atom is -0.493 e. The van der Waals surface area contributed by atoms with E-state index in [1.807, 2.05) is 6.07 Å². The number of allylic oxidation sites excluding steroid dienone is 1. The van der Waals surface area contributed by atoms with Crippen molar-refractivity contribution < 1.29 is 23.4 Å². The number of carbonyl (C=O) groups excluding carboxylic acids is 1. The molecule has 1 aliphatic rings. The van der Waals surface area contributed by atoms with Gasteiger partial charge in [-0.2, -0.15) is 5.26 Å². The molecule has 0 aliphatic carbocycles. The molecule has 5 rings (SSSR count). The van der Waals surface area contributed by atoms with E-state index in [1.54, 1.807) is 60.0 Å². The first kappa shape index (κ1) is 21.3. The molecule has 1 aliphatic heterocycles. The van der Waals surface area contributed by atoms with E-state index >= 15 is 0 Å². The van der Waals surface area contributed by atoms with Gasteiger partial charge in [0, 0.05) is 0 Å². The summed E-state index contributed by atoms with van der Waals surface area (Å²) in [6.45, 7) is 0. The summed E-state index contributed by atoms with van der Waals surface area (Å²) in [6.07, 6.45) is 0. The van der Waals surface area contributed by atoms with Crippen molar-refractivity contribution >= 4 is 28.3 Å². The monoisotopic (exact) mass is 472 g/mol. The lowest BCUT2D eigenvalue weighted by atomic mass is 9.83. The molecule has 0 spiro atoms. The number of thiophene rings is 1. The Morgan fingerprint density at radius 3 is 2.71 bits per heavy atom. The molecular formula is C25H16N2O6S. The van der Waals surface area contributed by atoms with Gasteiger partial charge >= 0.3 is 11.6 Å². The van der Waals surface area contributed by atoms with Crippen LogP contribution in [0.15, 0.2) is 80.6 Å². The number of para-hydroxylation sites is 1. The highest BCUT2D eigenvalue weighted by molar-refractivity contribution is 7.12. The molecule has 168 valence electrons. The van der Waals surface area contributed by atoms with Gasteiger partial charge in [0.2, 0.25) is 5.88 Å². The van der Waals surface area contributed by atoms with Crippen LogP contribution in [0.4, 0.5) is 0 Å². The quantitative estimate of drug-likeness (QED) is 0.265. The van der Waals surface area contributed by atoms with Crippen LogP contribution < -0.4 is 25.6 Å². The largest absolute Gasteiger partial charge is 0.493 e. The molecule has 0 radical (unpaired) electrons. The zero-order valence-electron chi connectivity index (χ0n) is 17.7. The standard InChI is InChI=1S/C25H16N2O6S/c1-30-18-11-13(8-9-17(18)32-24(28)19-7-4-10-34-19)20-15(12-26)23(27)33-22-14-5-2-3-6-16(14)31-25(29)21(20)22/h2-11,20H,27H2,1H3. The number of fused-ring (bicyclic) bond motifs is 3. The van der Waals surface area contributed by atoms with Crippen LogP contribution in [-0.4, -0.2) is 13.1 Å². The van der Waals surface area contributed by atoms with Crippen LogP contribution in [0.1, 0.15) is 26.7 Å². The maximum Gasteiger partial charge on any atom is 0.353 e. The van der Waals surface area contributed by atoms with Crippen molar-refractivity contribution in [1.29, 1.82) is 5.26 Å². The summed E-state index contributed by atoms with van der Waals surface area (Å²) in [5.41, 5.74) is 6.51. The molecular weight excluding hydrogens is 456 g/mol. The molecule has 0 saturated heterocycles. The lowest BCUT2D eigenvalue weighted by molar-refractivity contribution is 0.0734. The van der Waals surface area contributed by atoms with E-state index in [1.165, 1.54) is 18.4 Å². The van der Waals surface area contributed by atoms with E-state index < -0.39 is 17.5 Å². The second-order valence-electron chi connectivity index (χ2n) is 7.33. The van der Waals surface area contributed by atoms with Gasteiger partial charge in [-0.3, -0.25) is 0 Å². The average molecular weight is 472 g/mol. The van der Waals surface area contributed by atoms with E-state index in [4.69, 9.17) is 24.4 Å². The molecule has 8 nitrogen and oxygen atoms in total. The van der Waals surface area contributed by atoms with E-state index in [2.05, 4.69) is 0 Å². The van der Waals surface area contributed by atoms with Crippen molar-refractivity contribution in [2.45, 2.75) is 5.92 Å². The maximum atomic E-state index is 13.0. The Morgan fingerprint density at radius 1 is 1.15 bits per heavy atom. The number of nitrogens with two attached hydrogens (primary N) is 1. The van der Waals surface area contributed by atoms with Crippen LogP contribution in [0, 0.1) is 11.3 Å². The minimum absolute atomic E-state index is 0.0560. The Bertz CT molecular complexity index is 1560. The predicted octanol–water partition coefficient (Wildman–Crippen LogP) is 4.30. The van der Waals surface area contributed by atoms with Gasteiger partial charge in [-0.1, -0.05) is 24.3 Å². The Kier molecular flexibility index (Phi) is 5.28. The van der Waals surface area contributed by atoms with E-state index in [0.717, 1.165) is 0 Å². The van der Waals surface area contributed by atoms with Gasteiger partial charge in [-0.25, -0.2) is 9.59 Å². The Hall–Kier alpha value is -4.55. The molecule has 9 heteroatoms. The van der Waals surface area contributed by atoms with Crippen LogP contribution in [0.2, 0.25) is 0 Å². The molecule has 1 atom stereocenters. The smallest absolute Gasteiger partial charge is 0.353 e. The first-order valence-electron chi connectivity index (χ1n) is 10.1. The lowest BCUT2D eigenvalue weighted by Gasteiger charge is -2.26. The molecule has 4 aromatic rings. The van der Waals surface area contributed by atoms with Gasteiger partial charge in [0.05, 0.1) is 24.0 Å². The fourth-order valence-electron chi connectivity index (χ4n) is 3.89. The summed E-state index contributed by atoms with van der Waals surface area (Å²) in [7, 11) is 1.43. The van der Waals surface area contributed by atoms with Crippen molar-refractivity contribution in [1.82, 2.24) is 0 Å². The molecule has 1 unspecified atom stereocenters. The molecule has 2 aromatic heterocycles. The third-order valence-electron chi connectivity index (χ3n) is 5.42. The van der Waals surface area contributed by atoms with Crippen molar-refractivity contribution in [2.75, 3.05) is 7.11 Å². The van der Waals surface area contributed by atoms with E-state index in [0.29, 0.717) is 21.4 Å². The number of nitriles is 1. The van der Waals surface area contributed by atoms with Gasteiger partial charge in [0.15, 0.2) is 17.2 Å². The van der Waals surface area contributed by atoms with Crippen molar-refractivity contribution in [3.63, 3.8) is 0 Å². The first-order chi connectivity index (χ1) is 16.5. The first-order valence-corrected chi connectivity index (χ1v) is 11.0. The van der Waals surface area contributed by atoms with Crippen LogP contribution in [0.3, 0.4) is 0 Å². The molecule has 0 saturated carbocycles. The molecule has 2 aromatic carbocycles. The number of methoxy groups -OCH3 is 1. The third kappa shape index (κ3) is 3.46. The summed E-state index contributed by atoms with van der Waals surface area (Å²) in [4.78, 5) is 25.8. The van der Waals surface area contributed by atoms with Gasteiger partial charge < -0.3 is 24.4 Å². The van der Waals surface area contributed by atoms with E-state index in [9.17, 15) is 14.9 Å². The summed E-state index contributed by atoms with van der Waals surface area (Å²) in [5.74, 6) is -0.824. The minimum atomic E-state index is -0.870. The normalized spacial score (nSPS) is 14.8. The summed E-state index contributed by atoms with van der Waals surface area (Å²) >= 11 is 1.26. The van der Waals surface area contributed by atoms with Crippen molar-refractivity contribution in [2.24, 2.45) is 5.73 Å². The highest BCUT2D eigenvalue weighted by atomic mass is 32.1. The second-order valence-corrected chi connectivity index (χ2v) is 8.28. The number of rotatable bonds is 4. The van der Waals surface area contributed by atoms with Crippen LogP contribution in [0.5, 0.6) is 17.2 Å².